The maximum atomic E-state index is 12.3. The Labute approximate surface area is 183 Å². The molecule has 11 heteroatoms. The number of nitrogens with zero attached hydrogens (tertiary/aromatic N) is 2. The molecule has 0 radical (unpaired) electrons. The molecule has 1 aliphatic heterocycles. The van der Waals surface area contributed by atoms with Crippen LogP contribution in [0.25, 0.3) is 0 Å². The number of hydrogen-bond acceptors (Lipinski definition) is 8. The lowest BCUT2D eigenvalue weighted by Crippen LogP contribution is -2.41. The van der Waals surface area contributed by atoms with E-state index in [9.17, 15) is 19.5 Å². The van der Waals surface area contributed by atoms with Crippen LogP contribution in [0.5, 0.6) is 5.88 Å². The van der Waals surface area contributed by atoms with Gasteiger partial charge in [0.1, 0.15) is 11.9 Å². The number of nitrogen functional groups attached to an aromatic ring is 1. The summed E-state index contributed by atoms with van der Waals surface area (Å²) in [6, 6.07) is 5.55. The van der Waals surface area contributed by atoms with Crippen molar-refractivity contribution >= 4 is 29.6 Å². The van der Waals surface area contributed by atoms with Gasteiger partial charge in [0.05, 0.1) is 5.56 Å². The number of benzene rings is 1. The van der Waals surface area contributed by atoms with Crippen LogP contribution in [-0.2, 0) is 22.4 Å². The summed E-state index contributed by atoms with van der Waals surface area (Å²) in [7, 11) is 0. The van der Waals surface area contributed by atoms with E-state index in [1.165, 1.54) is 0 Å². The van der Waals surface area contributed by atoms with Crippen molar-refractivity contribution in [1.82, 2.24) is 15.3 Å². The average molecular weight is 443 g/mol. The van der Waals surface area contributed by atoms with Gasteiger partial charge in [0.2, 0.25) is 11.8 Å². The Balaban J connectivity index is 1.54. The lowest BCUT2D eigenvalue weighted by Gasteiger charge is -2.25. The van der Waals surface area contributed by atoms with E-state index in [-0.39, 0.29) is 30.6 Å². The van der Waals surface area contributed by atoms with Crippen molar-refractivity contribution in [3.8, 4) is 5.88 Å². The number of aryl methyl sites for hydroxylation is 1. The smallest absolute Gasteiger partial charge is 0.326 e. The van der Waals surface area contributed by atoms with Gasteiger partial charge < -0.3 is 31.7 Å². The number of aliphatic carboxylic acids is 2. The minimum Gasteiger partial charge on any atom is -0.493 e. The first-order valence-corrected chi connectivity index (χ1v) is 10.2. The predicted molar refractivity (Wildman–Crippen MR) is 114 cm³/mol. The summed E-state index contributed by atoms with van der Waals surface area (Å²) in [5.41, 5.74) is 7.50. The number of carboxylic acids is 2. The molecule has 3 rings (SSSR count). The average Bonchev–Trinajstić information content (AvgIpc) is 2.75. The van der Waals surface area contributed by atoms with E-state index >= 15 is 0 Å². The largest absolute Gasteiger partial charge is 0.493 e. The number of carbonyl (C=O) groups excluding carboxylic acids is 1. The van der Waals surface area contributed by atoms with Gasteiger partial charge in [-0.25, -0.2) is 4.79 Å². The molecule has 2 atom stereocenters. The van der Waals surface area contributed by atoms with Gasteiger partial charge in [-0.2, -0.15) is 9.97 Å². The van der Waals surface area contributed by atoms with E-state index in [0.717, 1.165) is 18.4 Å². The van der Waals surface area contributed by atoms with Crippen LogP contribution in [0.2, 0.25) is 0 Å². The number of anilines is 2. The summed E-state index contributed by atoms with van der Waals surface area (Å²) in [6.45, 7) is 0.691. The molecule has 0 spiro atoms. The van der Waals surface area contributed by atoms with Crippen LogP contribution in [0.4, 0.5) is 11.8 Å². The van der Waals surface area contributed by atoms with Crippen molar-refractivity contribution in [1.29, 1.82) is 0 Å². The highest BCUT2D eigenvalue weighted by atomic mass is 16.4. The third-order valence-corrected chi connectivity index (χ3v) is 5.36. The van der Waals surface area contributed by atoms with E-state index in [1.54, 1.807) is 24.3 Å². The lowest BCUT2D eigenvalue weighted by atomic mass is 9.90. The topological polar surface area (TPSA) is 188 Å². The van der Waals surface area contributed by atoms with Gasteiger partial charge in [0, 0.05) is 18.5 Å². The van der Waals surface area contributed by atoms with Crippen LogP contribution in [0, 0.1) is 5.92 Å². The Bertz CT molecular complexity index is 1010. The summed E-state index contributed by atoms with van der Waals surface area (Å²) >= 11 is 0. The fourth-order valence-corrected chi connectivity index (χ4v) is 3.59. The number of amides is 1. The van der Waals surface area contributed by atoms with Crippen molar-refractivity contribution in [3.05, 3.63) is 41.0 Å². The van der Waals surface area contributed by atoms with Gasteiger partial charge in [-0.3, -0.25) is 9.59 Å². The Morgan fingerprint density at radius 3 is 2.56 bits per heavy atom. The molecule has 0 saturated heterocycles. The van der Waals surface area contributed by atoms with Crippen LogP contribution >= 0.6 is 0 Å². The standard InChI is InChI=1S/C21H25N5O6/c22-21-25-17-14(19(30)26-21)9-12(10-23-17)2-1-11-3-5-13(6-4-11)18(29)24-15(20(31)32)7-8-16(27)28/h3-6,12,15H,1-2,7-10H2,(H,24,29)(H,27,28)(H,31,32)(H4,22,23,25,26,30)/t12-,15?/m1/s1. The molecule has 2 heterocycles. The number of hydrogen-bond donors (Lipinski definition) is 6. The van der Waals surface area contributed by atoms with E-state index in [2.05, 4.69) is 20.6 Å². The maximum absolute atomic E-state index is 12.3. The third-order valence-electron chi connectivity index (χ3n) is 5.36. The molecule has 1 amide bonds. The minimum absolute atomic E-state index is 0.0212. The quantitative estimate of drug-likeness (QED) is 0.326. The fraction of sp³-hybridized carbons (Fsp3) is 0.381. The van der Waals surface area contributed by atoms with Crippen molar-refractivity contribution in [2.75, 3.05) is 17.6 Å². The summed E-state index contributed by atoms with van der Waals surface area (Å²) in [6.07, 6.45) is 1.66. The van der Waals surface area contributed by atoms with Gasteiger partial charge in [-0.1, -0.05) is 12.1 Å². The zero-order valence-electron chi connectivity index (χ0n) is 17.2. The van der Waals surface area contributed by atoms with Crippen molar-refractivity contribution in [3.63, 3.8) is 0 Å². The monoisotopic (exact) mass is 443 g/mol. The highest BCUT2D eigenvalue weighted by molar-refractivity contribution is 5.96. The zero-order valence-corrected chi connectivity index (χ0v) is 17.2. The van der Waals surface area contributed by atoms with E-state index < -0.39 is 23.9 Å². The second-order valence-electron chi connectivity index (χ2n) is 7.72. The second kappa shape index (κ2) is 9.94. The molecule has 1 aromatic carbocycles. The van der Waals surface area contributed by atoms with Crippen LogP contribution in [0.3, 0.4) is 0 Å². The summed E-state index contributed by atoms with van der Waals surface area (Å²) < 4.78 is 0. The van der Waals surface area contributed by atoms with Crippen LogP contribution in [0.15, 0.2) is 24.3 Å². The molecule has 2 aromatic rings. The lowest BCUT2D eigenvalue weighted by molar-refractivity contribution is -0.140. The molecule has 7 N–H and O–H groups in total. The van der Waals surface area contributed by atoms with Crippen LogP contribution in [0.1, 0.15) is 40.7 Å². The molecule has 1 unspecified atom stereocenters. The Morgan fingerprint density at radius 1 is 1.19 bits per heavy atom. The van der Waals surface area contributed by atoms with Gasteiger partial charge >= 0.3 is 11.9 Å². The molecular formula is C21H25N5O6. The predicted octanol–water partition coefficient (Wildman–Crippen LogP) is 1.03. The zero-order chi connectivity index (χ0) is 23.3. The van der Waals surface area contributed by atoms with Gasteiger partial charge in [-0.15, -0.1) is 0 Å². The van der Waals surface area contributed by atoms with E-state index in [4.69, 9.17) is 15.9 Å². The number of carbonyl (C=O) groups is 3. The fourth-order valence-electron chi connectivity index (χ4n) is 3.59. The van der Waals surface area contributed by atoms with Gasteiger partial charge in [0.25, 0.3) is 5.91 Å². The van der Waals surface area contributed by atoms with Crippen molar-refractivity contribution < 1.29 is 29.7 Å². The number of rotatable bonds is 9. The SMILES string of the molecule is Nc1nc(O)c2c(n1)NC[C@H](CCc1ccc(C(=O)NC(CCC(=O)O)C(=O)O)cc1)C2. The number of nitrogens with one attached hydrogen (secondary N) is 2. The normalized spacial score (nSPS) is 15.8. The summed E-state index contributed by atoms with van der Waals surface area (Å²) in [5.74, 6) is -2.25. The first kappa shape index (κ1) is 22.8. The number of nitrogens with two attached hydrogens (primary N) is 1. The molecule has 0 fully saturated rings. The first-order chi connectivity index (χ1) is 15.2. The molecule has 1 aliphatic rings. The number of carboxylic acid groups (broad SMARTS) is 2. The second-order valence-corrected chi connectivity index (χ2v) is 7.72. The Hall–Kier alpha value is -3.89. The molecule has 0 bridgehead atoms. The van der Waals surface area contributed by atoms with Gasteiger partial charge in [-0.05, 0) is 49.3 Å². The minimum atomic E-state index is -1.28. The van der Waals surface area contributed by atoms with Gasteiger partial charge in [0.15, 0.2) is 0 Å². The number of aromatic nitrogens is 2. The molecule has 11 nitrogen and oxygen atoms in total. The Morgan fingerprint density at radius 2 is 1.91 bits per heavy atom. The Kier molecular flexibility index (Phi) is 7.08. The molecule has 1 aromatic heterocycles. The van der Waals surface area contributed by atoms with E-state index in [0.29, 0.717) is 29.9 Å². The third kappa shape index (κ3) is 5.84. The molecule has 0 aliphatic carbocycles. The highest BCUT2D eigenvalue weighted by Gasteiger charge is 2.24. The highest BCUT2D eigenvalue weighted by Crippen LogP contribution is 2.31. The summed E-state index contributed by atoms with van der Waals surface area (Å²) in [5, 5.41) is 33.4. The number of fused-ring (bicyclic) bond motifs is 1. The van der Waals surface area contributed by atoms with Crippen molar-refractivity contribution in [2.45, 2.75) is 38.1 Å². The van der Waals surface area contributed by atoms with Crippen LogP contribution in [-0.4, -0.2) is 55.7 Å². The molecule has 170 valence electrons. The maximum Gasteiger partial charge on any atom is 0.326 e. The summed E-state index contributed by atoms with van der Waals surface area (Å²) in [4.78, 5) is 42.1. The van der Waals surface area contributed by atoms with Crippen molar-refractivity contribution in [2.24, 2.45) is 5.92 Å². The number of aromatic hydroxyl groups is 1. The first-order valence-electron chi connectivity index (χ1n) is 10.2. The van der Waals surface area contributed by atoms with Crippen LogP contribution < -0.4 is 16.4 Å². The molecular weight excluding hydrogens is 418 g/mol. The molecule has 0 saturated carbocycles. The van der Waals surface area contributed by atoms with E-state index in [1.807, 2.05) is 0 Å². The molecule has 32 heavy (non-hydrogen) atoms.